The molecule has 0 spiro atoms. The van der Waals surface area contributed by atoms with Crippen LogP contribution in [0.5, 0.6) is 0 Å². The molecule has 3 aliphatic rings. The Bertz CT molecular complexity index is 662. The van der Waals surface area contributed by atoms with Crippen LogP contribution >= 0.6 is 11.3 Å². The van der Waals surface area contributed by atoms with Crippen LogP contribution in [-0.2, 0) is 0 Å². The van der Waals surface area contributed by atoms with Gasteiger partial charge in [-0.05, 0) is 61.7 Å². The van der Waals surface area contributed by atoms with Crippen molar-refractivity contribution < 1.29 is 4.79 Å². The molecule has 3 saturated heterocycles. The van der Waals surface area contributed by atoms with Crippen LogP contribution in [0.2, 0.25) is 0 Å². The fourth-order valence-electron chi connectivity index (χ4n) is 3.50. The molecule has 0 aromatic carbocycles. The van der Waals surface area contributed by atoms with Crippen LogP contribution in [0.3, 0.4) is 0 Å². The molecule has 1 N–H and O–H groups in total. The maximum Gasteiger partial charge on any atom is 0.261 e. The molecule has 1 unspecified atom stereocenters. The molecule has 0 saturated carbocycles. The van der Waals surface area contributed by atoms with Gasteiger partial charge in [0.2, 0.25) is 0 Å². The Labute approximate surface area is 134 Å². The number of amides is 1. The van der Waals surface area contributed by atoms with E-state index in [4.69, 9.17) is 0 Å². The minimum Gasteiger partial charge on any atom is -0.347 e. The number of hydrogen-bond acceptors (Lipinski definition) is 4. The van der Waals surface area contributed by atoms with Crippen molar-refractivity contribution >= 4 is 17.2 Å². The fraction of sp³-hybridized carbons (Fsp3) is 0.412. The number of pyridine rings is 1. The van der Waals surface area contributed by atoms with Gasteiger partial charge in [0.05, 0.1) is 4.88 Å². The van der Waals surface area contributed by atoms with E-state index < -0.39 is 0 Å². The number of nitrogens with one attached hydrogen (secondary N) is 1. The van der Waals surface area contributed by atoms with E-state index in [0.717, 1.165) is 21.9 Å². The van der Waals surface area contributed by atoms with Gasteiger partial charge < -0.3 is 10.2 Å². The first-order valence-corrected chi connectivity index (χ1v) is 8.65. The summed E-state index contributed by atoms with van der Waals surface area (Å²) in [5, 5.41) is 3.25. The summed E-state index contributed by atoms with van der Waals surface area (Å²) in [5.41, 5.74) is 1.11. The lowest BCUT2D eigenvalue weighted by Crippen LogP contribution is -2.57. The molecular formula is C17H19N3OS. The molecule has 4 nitrogen and oxygen atoms in total. The third kappa shape index (κ3) is 2.66. The zero-order valence-corrected chi connectivity index (χ0v) is 13.2. The van der Waals surface area contributed by atoms with Gasteiger partial charge >= 0.3 is 0 Å². The van der Waals surface area contributed by atoms with Crippen molar-refractivity contribution in [2.75, 3.05) is 19.6 Å². The summed E-state index contributed by atoms with van der Waals surface area (Å²) in [5.74, 6) is 0.734. The smallest absolute Gasteiger partial charge is 0.261 e. The van der Waals surface area contributed by atoms with Crippen molar-refractivity contribution in [2.45, 2.75) is 18.9 Å². The van der Waals surface area contributed by atoms with E-state index in [0.29, 0.717) is 12.0 Å². The van der Waals surface area contributed by atoms with Crippen LogP contribution in [-0.4, -0.2) is 41.5 Å². The molecule has 3 aliphatic heterocycles. The molecule has 5 heteroatoms. The molecule has 1 atom stereocenters. The van der Waals surface area contributed by atoms with Crippen molar-refractivity contribution in [3.63, 3.8) is 0 Å². The summed E-state index contributed by atoms with van der Waals surface area (Å²) < 4.78 is 0. The van der Waals surface area contributed by atoms with Crippen LogP contribution in [0.15, 0.2) is 36.7 Å². The molecule has 5 rings (SSSR count). The molecule has 1 amide bonds. The Morgan fingerprint density at radius 1 is 1.18 bits per heavy atom. The highest BCUT2D eigenvalue weighted by atomic mass is 32.1. The monoisotopic (exact) mass is 313 g/mol. The lowest BCUT2D eigenvalue weighted by molar-refractivity contribution is 0.0622. The molecule has 22 heavy (non-hydrogen) atoms. The Balaban J connectivity index is 1.46. The Morgan fingerprint density at radius 3 is 2.64 bits per heavy atom. The molecule has 3 fully saturated rings. The number of fused-ring (bicyclic) bond motifs is 3. The zero-order chi connectivity index (χ0) is 14.9. The molecule has 0 radical (unpaired) electrons. The summed E-state index contributed by atoms with van der Waals surface area (Å²) in [6.45, 7) is 3.41. The van der Waals surface area contributed by atoms with Crippen molar-refractivity contribution in [1.82, 2.24) is 15.2 Å². The number of nitrogens with zero attached hydrogens (tertiary/aromatic N) is 2. The fourth-order valence-corrected chi connectivity index (χ4v) is 4.41. The molecule has 0 aliphatic carbocycles. The van der Waals surface area contributed by atoms with Gasteiger partial charge in [0.15, 0.2) is 0 Å². The van der Waals surface area contributed by atoms with Crippen molar-refractivity contribution in [3.8, 4) is 10.4 Å². The van der Waals surface area contributed by atoms with Crippen LogP contribution in [0.4, 0.5) is 0 Å². The van der Waals surface area contributed by atoms with Crippen molar-refractivity contribution in [2.24, 2.45) is 5.92 Å². The molecule has 2 aromatic rings. The number of piperidine rings is 3. The Morgan fingerprint density at radius 2 is 1.95 bits per heavy atom. The van der Waals surface area contributed by atoms with Crippen LogP contribution < -0.4 is 5.32 Å². The average Bonchev–Trinajstić information content (AvgIpc) is 3.07. The summed E-state index contributed by atoms with van der Waals surface area (Å²) in [6, 6.07) is 8.21. The summed E-state index contributed by atoms with van der Waals surface area (Å²) in [4.78, 5) is 20.9. The van der Waals surface area contributed by atoms with Crippen LogP contribution in [0, 0.1) is 5.92 Å². The third-order valence-electron chi connectivity index (χ3n) is 4.77. The van der Waals surface area contributed by atoms with E-state index in [1.165, 1.54) is 25.9 Å². The van der Waals surface area contributed by atoms with Gasteiger partial charge in [-0.15, -0.1) is 11.3 Å². The second-order valence-electron chi connectivity index (χ2n) is 6.12. The quantitative estimate of drug-likeness (QED) is 0.947. The third-order valence-corrected chi connectivity index (χ3v) is 5.90. The standard InChI is InChI=1S/C17H19N3OS/c21-17(19-14-11-20-9-5-12(14)6-10-20)16-2-1-15(22-16)13-3-7-18-8-4-13/h1-4,7-8,12,14H,5-6,9-11H2,(H,19,21). The van der Waals surface area contributed by atoms with E-state index in [1.54, 1.807) is 23.7 Å². The van der Waals surface area contributed by atoms with E-state index >= 15 is 0 Å². The first kappa shape index (κ1) is 13.9. The topological polar surface area (TPSA) is 45.2 Å². The number of carbonyl (C=O) groups excluding carboxylic acids is 1. The number of carbonyl (C=O) groups is 1. The average molecular weight is 313 g/mol. The molecule has 2 bridgehead atoms. The van der Waals surface area contributed by atoms with Crippen LogP contribution in [0.1, 0.15) is 22.5 Å². The highest BCUT2D eigenvalue weighted by Crippen LogP contribution is 2.30. The van der Waals surface area contributed by atoms with Gasteiger partial charge in [-0.2, -0.15) is 0 Å². The number of aromatic nitrogens is 1. The summed E-state index contributed by atoms with van der Waals surface area (Å²) >= 11 is 1.55. The maximum absolute atomic E-state index is 12.5. The van der Waals surface area contributed by atoms with Gasteiger partial charge in [0, 0.05) is 29.9 Å². The maximum atomic E-state index is 12.5. The van der Waals surface area contributed by atoms with E-state index in [2.05, 4.69) is 15.2 Å². The summed E-state index contributed by atoms with van der Waals surface area (Å²) in [7, 11) is 0. The molecular weight excluding hydrogens is 294 g/mol. The van der Waals surface area contributed by atoms with Gasteiger partial charge in [0.1, 0.15) is 0 Å². The molecule has 114 valence electrons. The van der Waals surface area contributed by atoms with Gasteiger partial charge in [-0.25, -0.2) is 0 Å². The lowest BCUT2D eigenvalue weighted by Gasteiger charge is -2.44. The second-order valence-corrected chi connectivity index (χ2v) is 7.20. The van der Waals surface area contributed by atoms with Crippen molar-refractivity contribution in [3.05, 3.63) is 41.5 Å². The first-order chi connectivity index (χ1) is 10.8. The molecule has 2 aromatic heterocycles. The number of rotatable bonds is 3. The largest absolute Gasteiger partial charge is 0.347 e. The first-order valence-electron chi connectivity index (χ1n) is 7.83. The van der Waals surface area contributed by atoms with Gasteiger partial charge in [-0.1, -0.05) is 0 Å². The van der Waals surface area contributed by atoms with Crippen molar-refractivity contribution in [1.29, 1.82) is 0 Å². The van der Waals surface area contributed by atoms with Gasteiger partial charge in [-0.3, -0.25) is 9.78 Å². The Hall–Kier alpha value is -1.72. The highest BCUT2D eigenvalue weighted by molar-refractivity contribution is 7.17. The molecule has 5 heterocycles. The minimum absolute atomic E-state index is 0.0732. The normalized spacial score (nSPS) is 26.8. The number of hydrogen-bond donors (Lipinski definition) is 1. The van der Waals surface area contributed by atoms with E-state index in [-0.39, 0.29) is 5.91 Å². The predicted octanol–water partition coefficient (Wildman–Crippen LogP) is 2.63. The second kappa shape index (κ2) is 5.82. The van der Waals surface area contributed by atoms with Crippen LogP contribution in [0.25, 0.3) is 10.4 Å². The summed E-state index contributed by atoms with van der Waals surface area (Å²) in [6.07, 6.45) is 6.00. The van der Waals surface area contributed by atoms with Gasteiger partial charge in [0.25, 0.3) is 5.91 Å². The Kier molecular flexibility index (Phi) is 3.68. The predicted molar refractivity (Wildman–Crippen MR) is 88.0 cm³/mol. The minimum atomic E-state index is 0.0732. The SMILES string of the molecule is O=C(NC1CN2CCC1CC2)c1ccc(-c2ccncc2)s1. The number of thiophene rings is 1. The zero-order valence-electron chi connectivity index (χ0n) is 12.4. The lowest BCUT2D eigenvalue weighted by atomic mass is 9.84. The highest BCUT2D eigenvalue weighted by Gasteiger charge is 2.35. The van der Waals surface area contributed by atoms with E-state index in [1.807, 2.05) is 24.3 Å². The van der Waals surface area contributed by atoms with E-state index in [9.17, 15) is 4.79 Å².